The number of aryl methyl sites for hydroxylation is 2. The van der Waals surface area contributed by atoms with Crippen molar-refractivity contribution < 1.29 is 4.79 Å². The van der Waals surface area contributed by atoms with Crippen molar-refractivity contribution in [3.8, 4) is 0 Å². The van der Waals surface area contributed by atoms with Crippen LogP contribution in [0.2, 0.25) is 0 Å². The highest BCUT2D eigenvalue weighted by atomic mass is 32.1. The van der Waals surface area contributed by atoms with Gasteiger partial charge in [0.2, 0.25) is 0 Å². The number of carbonyl (C=O) groups excluding carboxylic acids is 1. The number of carbonyl (C=O) groups is 1. The van der Waals surface area contributed by atoms with Gasteiger partial charge in [-0.1, -0.05) is 24.3 Å². The highest BCUT2D eigenvalue weighted by Gasteiger charge is 2.11. The van der Waals surface area contributed by atoms with E-state index in [9.17, 15) is 4.79 Å². The second-order valence-corrected chi connectivity index (χ2v) is 6.09. The molecule has 0 spiro atoms. The smallest absolute Gasteiger partial charge is 0.169 e. The standard InChI is InChI=1S/C17H15NOS/c1-11-7-8-13(9-12(11)2)15(19)10-17-18-14-5-3-4-6-16(14)20-17/h3-9H,10H2,1-2H3. The average Bonchev–Trinajstić information content (AvgIpc) is 2.83. The second kappa shape index (κ2) is 5.17. The van der Waals surface area contributed by atoms with Gasteiger partial charge in [-0.3, -0.25) is 4.79 Å². The maximum Gasteiger partial charge on any atom is 0.169 e. The zero-order chi connectivity index (χ0) is 14.1. The molecule has 0 amide bonds. The molecule has 0 aliphatic rings. The molecule has 0 unspecified atom stereocenters. The Morgan fingerprint density at radius 3 is 2.65 bits per heavy atom. The van der Waals surface area contributed by atoms with Crippen molar-refractivity contribution in [2.75, 3.05) is 0 Å². The summed E-state index contributed by atoms with van der Waals surface area (Å²) in [4.78, 5) is 16.8. The number of Topliss-reactive ketones (excluding diaryl/α,β-unsaturated/α-hetero) is 1. The van der Waals surface area contributed by atoms with E-state index in [-0.39, 0.29) is 5.78 Å². The Morgan fingerprint density at radius 1 is 1.10 bits per heavy atom. The van der Waals surface area contributed by atoms with E-state index < -0.39 is 0 Å². The van der Waals surface area contributed by atoms with Crippen LogP contribution in [0, 0.1) is 13.8 Å². The van der Waals surface area contributed by atoms with Crippen molar-refractivity contribution in [3.05, 3.63) is 64.2 Å². The van der Waals surface area contributed by atoms with Gasteiger partial charge in [-0.2, -0.15) is 0 Å². The third-order valence-corrected chi connectivity index (χ3v) is 4.52. The van der Waals surface area contributed by atoms with Crippen LogP contribution in [0.3, 0.4) is 0 Å². The van der Waals surface area contributed by atoms with E-state index in [1.165, 1.54) is 5.56 Å². The number of ketones is 1. The van der Waals surface area contributed by atoms with Gasteiger partial charge in [0, 0.05) is 5.56 Å². The number of rotatable bonds is 3. The number of fused-ring (bicyclic) bond motifs is 1. The fraction of sp³-hybridized carbons (Fsp3) is 0.176. The number of thiazole rings is 1. The van der Waals surface area contributed by atoms with Crippen LogP contribution in [0.5, 0.6) is 0 Å². The molecule has 1 aromatic heterocycles. The van der Waals surface area contributed by atoms with Crippen LogP contribution in [-0.4, -0.2) is 10.8 Å². The van der Waals surface area contributed by atoms with Crippen molar-refractivity contribution in [2.45, 2.75) is 20.3 Å². The third kappa shape index (κ3) is 2.49. The molecule has 1 heterocycles. The third-order valence-electron chi connectivity index (χ3n) is 3.48. The Bertz CT molecular complexity index is 756. The predicted octanol–water partition coefficient (Wildman–Crippen LogP) is 4.34. The minimum absolute atomic E-state index is 0.132. The molecular weight excluding hydrogens is 266 g/mol. The average molecular weight is 281 g/mol. The Balaban J connectivity index is 1.86. The van der Waals surface area contributed by atoms with Gasteiger partial charge >= 0.3 is 0 Å². The molecule has 0 saturated carbocycles. The van der Waals surface area contributed by atoms with E-state index in [2.05, 4.69) is 11.9 Å². The van der Waals surface area contributed by atoms with Crippen LogP contribution < -0.4 is 0 Å². The monoisotopic (exact) mass is 281 g/mol. The molecule has 0 N–H and O–H groups in total. The fourth-order valence-corrected chi connectivity index (χ4v) is 3.12. The van der Waals surface area contributed by atoms with Crippen LogP contribution in [0.15, 0.2) is 42.5 Å². The first-order valence-electron chi connectivity index (χ1n) is 6.58. The first kappa shape index (κ1) is 13.0. The number of para-hydroxylation sites is 1. The van der Waals surface area contributed by atoms with Crippen LogP contribution in [0.4, 0.5) is 0 Å². The largest absolute Gasteiger partial charge is 0.294 e. The molecule has 2 aromatic carbocycles. The molecule has 0 aliphatic carbocycles. The lowest BCUT2D eigenvalue weighted by Crippen LogP contribution is -2.03. The van der Waals surface area contributed by atoms with Gasteiger partial charge in [0.05, 0.1) is 16.6 Å². The minimum Gasteiger partial charge on any atom is -0.294 e. The molecule has 0 atom stereocenters. The Kier molecular flexibility index (Phi) is 3.36. The summed E-state index contributed by atoms with van der Waals surface area (Å²) in [5.41, 5.74) is 4.11. The van der Waals surface area contributed by atoms with Gasteiger partial charge in [-0.15, -0.1) is 11.3 Å². The van der Waals surface area contributed by atoms with Crippen molar-refractivity contribution in [2.24, 2.45) is 0 Å². The quantitative estimate of drug-likeness (QED) is 0.668. The van der Waals surface area contributed by atoms with E-state index in [1.54, 1.807) is 11.3 Å². The molecule has 0 fully saturated rings. The van der Waals surface area contributed by atoms with Gasteiger partial charge in [-0.25, -0.2) is 4.98 Å². The number of benzene rings is 2. The van der Waals surface area contributed by atoms with Gasteiger partial charge in [0.15, 0.2) is 5.78 Å². The minimum atomic E-state index is 0.132. The SMILES string of the molecule is Cc1ccc(C(=O)Cc2nc3ccccc3s2)cc1C. The highest BCUT2D eigenvalue weighted by molar-refractivity contribution is 7.18. The summed E-state index contributed by atoms with van der Waals surface area (Å²) < 4.78 is 1.13. The zero-order valence-corrected chi connectivity index (χ0v) is 12.3. The first-order chi connectivity index (χ1) is 9.63. The van der Waals surface area contributed by atoms with E-state index in [0.717, 1.165) is 26.4 Å². The Hall–Kier alpha value is -2.00. The van der Waals surface area contributed by atoms with Gasteiger partial charge in [0.1, 0.15) is 5.01 Å². The fourth-order valence-electron chi connectivity index (χ4n) is 2.15. The maximum atomic E-state index is 12.3. The summed E-state index contributed by atoms with van der Waals surface area (Å²) in [5, 5.41) is 0.884. The maximum absolute atomic E-state index is 12.3. The van der Waals surface area contributed by atoms with Crippen LogP contribution >= 0.6 is 11.3 Å². The van der Waals surface area contributed by atoms with E-state index >= 15 is 0 Å². The lowest BCUT2D eigenvalue weighted by atomic mass is 10.0. The van der Waals surface area contributed by atoms with Crippen molar-refractivity contribution in [1.82, 2.24) is 4.98 Å². The second-order valence-electron chi connectivity index (χ2n) is 4.97. The summed E-state index contributed by atoms with van der Waals surface area (Å²) in [6.07, 6.45) is 0.377. The van der Waals surface area contributed by atoms with E-state index in [4.69, 9.17) is 0 Å². The molecule has 0 aliphatic heterocycles. The molecular formula is C17H15NOS. The van der Waals surface area contributed by atoms with Crippen LogP contribution in [0.1, 0.15) is 26.5 Å². The Morgan fingerprint density at radius 2 is 1.90 bits per heavy atom. The molecule has 20 heavy (non-hydrogen) atoms. The molecule has 2 nitrogen and oxygen atoms in total. The molecule has 0 radical (unpaired) electrons. The summed E-state index contributed by atoms with van der Waals surface area (Å²) in [6, 6.07) is 13.9. The van der Waals surface area contributed by atoms with E-state index in [1.807, 2.05) is 49.4 Å². The molecule has 100 valence electrons. The van der Waals surface area contributed by atoms with Crippen molar-refractivity contribution in [1.29, 1.82) is 0 Å². The number of hydrogen-bond acceptors (Lipinski definition) is 3. The molecule has 3 rings (SSSR count). The van der Waals surface area contributed by atoms with Gasteiger partial charge < -0.3 is 0 Å². The summed E-state index contributed by atoms with van der Waals surface area (Å²) >= 11 is 1.60. The van der Waals surface area contributed by atoms with Gasteiger partial charge in [-0.05, 0) is 43.2 Å². The van der Waals surface area contributed by atoms with Gasteiger partial charge in [0.25, 0.3) is 0 Å². The predicted molar refractivity (Wildman–Crippen MR) is 83.6 cm³/mol. The highest BCUT2D eigenvalue weighted by Crippen LogP contribution is 2.23. The summed E-state index contributed by atoms with van der Waals surface area (Å²) in [5.74, 6) is 0.132. The first-order valence-corrected chi connectivity index (χ1v) is 7.40. The lowest BCUT2D eigenvalue weighted by Gasteiger charge is -2.03. The Labute approximate surface area is 122 Å². The number of nitrogens with zero attached hydrogens (tertiary/aromatic N) is 1. The molecule has 3 heteroatoms. The molecule has 3 aromatic rings. The topological polar surface area (TPSA) is 30.0 Å². The summed E-state index contributed by atoms with van der Waals surface area (Å²) in [6.45, 7) is 4.08. The lowest BCUT2D eigenvalue weighted by molar-refractivity contribution is 0.0993. The van der Waals surface area contributed by atoms with Crippen molar-refractivity contribution >= 4 is 27.3 Å². The zero-order valence-electron chi connectivity index (χ0n) is 11.5. The number of aromatic nitrogens is 1. The van der Waals surface area contributed by atoms with Crippen LogP contribution in [-0.2, 0) is 6.42 Å². The number of hydrogen-bond donors (Lipinski definition) is 0. The van der Waals surface area contributed by atoms with E-state index in [0.29, 0.717) is 6.42 Å². The molecule has 0 bridgehead atoms. The normalized spacial score (nSPS) is 10.9. The van der Waals surface area contributed by atoms with Crippen molar-refractivity contribution in [3.63, 3.8) is 0 Å². The molecule has 0 saturated heterocycles. The summed E-state index contributed by atoms with van der Waals surface area (Å²) in [7, 11) is 0. The van der Waals surface area contributed by atoms with Crippen LogP contribution in [0.25, 0.3) is 10.2 Å².